The van der Waals surface area contributed by atoms with Crippen LogP contribution in [0.3, 0.4) is 0 Å². The van der Waals surface area contributed by atoms with Crippen molar-refractivity contribution in [3.63, 3.8) is 0 Å². The maximum absolute atomic E-state index is 14.4. The van der Waals surface area contributed by atoms with Crippen LogP contribution in [0.1, 0.15) is 27.0 Å². The molecule has 0 unspecified atom stereocenters. The molecule has 3 aromatic rings. The summed E-state index contributed by atoms with van der Waals surface area (Å²) in [5.74, 6) is -0.564. The molecule has 4 rings (SSSR count). The summed E-state index contributed by atoms with van der Waals surface area (Å²) in [6, 6.07) is 6.48. The lowest BCUT2D eigenvalue weighted by Crippen LogP contribution is -2.48. The Morgan fingerprint density at radius 1 is 1.10 bits per heavy atom. The Bertz CT molecular complexity index is 1050. The Labute approximate surface area is 176 Å². The SMILES string of the molecule is CC(=O)c1ccc(N2CCN(C(=O)c3cc4sc(N(C)C)nc4s3)CC2)c(F)c1. The third-order valence-corrected chi connectivity index (χ3v) is 7.25. The minimum absolute atomic E-state index is 0.00125. The summed E-state index contributed by atoms with van der Waals surface area (Å²) in [6.45, 7) is 3.56. The van der Waals surface area contributed by atoms with Crippen molar-refractivity contribution in [1.29, 1.82) is 0 Å². The van der Waals surface area contributed by atoms with Crippen molar-refractivity contribution in [1.82, 2.24) is 9.88 Å². The molecular formula is C20H21FN4O2S2. The summed E-state index contributed by atoms with van der Waals surface area (Å²) in [7, 11) is 3.90. The number of carbonyl (C=O) groups excluding carboxylic acids is 2. The maximum atomic E-state index is 14.4. The fourth-order valence-corrected chi connectivity index (χ4v) is 5.41. The molecule has 1 amide bonds. The van der Waals surface area contributed by atoms with E-state index in [4.69, 9.17) is 0 Å². The monoisotopic (exact) mass is 432 g/mol. The van der Waals surface area contributed by atoms with Gasteiger partial charge in [0, 0.05) is 45.8 Å². The zero-order chi connectivity index (χ0) is 20.7. The predicted molar refractivity (Wildman–Crippen MR) is 116 cm³/mol. The molecule has 1 aliphatic heterocycles. The van der Waals surface area contributed by atoms with E-state index in [1.165, 1.54) is 24.3 Å². The summed E-state index contributed by atoms with van der Waals surface area (Å²) in [6.07, 6.45) is 0. The molecule has 0 bridgehead atoms. The minimum atomic E-state index is -0.404. The Balaban J connectivity index is 1.43. The van der Waals surface area contributed by atoms with Crippen LogP contribution in [0, 0.1) is 5.82 Å². The van der Waals surface area contributed by atoms with Crippen LogP contribution in [-0.4, -0.2) is 61.8 Å². The van der Waals surface area contributed by atoms with Crippen LogP contribution in [0.25, 0.3) is 9.53 Å². The Kier molecular flexibility index (Phi) is 5.26. The number of amides is 1. The average molecular weight is 433 g/mol. The van der Waals surface area contributed by atoms with Gasteiger partial charge in [0.1, 0.15) is 10.6 Å². The number of hydrogen-bond acceptors (Lipinski definition) is 7. The van der Waals surface area contributed by atoms with E-state index in [0.29, 0.717) is 42.3 Å². The highest BCUT2D eigenvalue weighted by Gasteiger charge is 2.25. The Morgan fingerprint density at radius 3 is 2.41 bits per heavy atom. The number of thiophene rings is 1. The van der Waals surface area contributed by atoms with Crippen molar-refractivity contribution in [3.8, 4) is 0 Å². The largest absolute Gasteiger partial charge is 0.366 e. The van der Waals surface area contributed by atoms with Crippen LogP contribution in [0.15, 0.2) is 24.3 Å². The molecule has 0 N–H and O–H groups in total. The van der Waals surface area contributed by atoms with Gasteiger partial charge in [-0.1, -0.05) is 11.3 Å². The molecule has 1 aromatic carbocycles. The van der Waals surface area contributed by atoms with Gasteiger partial charge >= 0.3 is 0 Å². The fraction of sp³-hybridized carbons (Fsp3) is 0.350. The molecule has 1 saturated heterocycles. The predicted octanol–water partition coefficient (Wildman–Crippen LogP) is 3.73. The molecule has 6 nitrogen and oxygen atoms in total. The Hall–Kier alpha value is -2.52. The van der Waals surface area contributed by atoms with E-state index in [-0.39, 0.29) is 11.7 Å². The highest BCUT2D eigenvalue weighted by molar-refractivity contribution is 7.29. The van der Waals surface area contributed by atoms with Gasteiger partial charge in [-0.2, -0.15) is 0 Å². The summed E-state index contributed by atoms with van der Waals surface area (Å²) in [5, 5.41) is 0.927. The van der Waals surface area contributed by atoms with E-state index in [1.807, 2.05) is 30.0 Å². The van der Waals surface area contributed by atoms with E-state index in [9.17, 15) is 14.0 Å². The van der Waals surface area contributed by atoms with E-state index < -0.39 is 5.82 Å². The number of Topliss-reactive ketones (excluding diaryl/α,β-unsaturated/α-hetero) is 1. The summed E-state index contributed by atoms with van der Waals surface area (Å²) in [5.41, 5.74) is 0.836. The second-order valence-electron chi connectivity index (χ2n) is 7.17. The molecular weight excluding hydrogens is 411 g/mol. The number of anilines is 2. The number of benzene rings is 1. The number of fused-ring (bicyclic) bond motifs is 1. The minimum Gasteiger partial charge on any atom is -0.366 e. The molecule has 29 heavy (non-hydrogen) atoms. The van der Waals surface area contributed by atoms with Crippen molar-refractivity contribution in [2.24, 2.45) is 0 Å². The molecule has 152 valence electrons. The number of carbonyl (C=O) groups is 2. The van der Waals surface area contributed by atoms with Crippen molar-refractivity contribution >= 4 is 54.7 Å². The van der Waals surface area contributed by atoms with Crippen molar-refractivity contribution in [2.45, 2.75) is 6.92 Å². The van der Waals surface area contributed by atoms with E-state index in [2.05, 4.69) is 4.98 Å². The molecule has 1 fully saturated rings. The maximum Gasteiger partial charge on any atom is 0.264 e. The quantitative estimate of drug-likeness (QED) is 0.588. The third kappa shape index (κ3) is 3.84. The number of hydrogen-bond donors (Lipinski definition) is 0. The van der Waals surface area contributed by atoms with Gasteiger partial charge in [0.05, 0.1) is 15.3 Å². The van der Waals surface area contributed by atoms with E-state index in [1.54, 1.807) is 28.4 Å². The molecule has 9 heteroatoms. The van der Waals surface area contributed by atoms with Crippen LogP contribution >= 0.6 is 22.7 Å². The normalized spacial score (nSPS) is 14.5. The Morgan fingerprint density at radius 2 is 1.83 bits per heavy atom. The molecule has 0 spiro atoms. The first-order chi connectivity index (χ1) is 13.8. The number of piperazine rings is 1. The zero-order valence-electron chi connectivity index (χ0n) is 16.4. The van der Waals surface area contributed by atoms with E-state index >= 15 is 0 Å². The lowest BCUT2D eigenvalue weighted by Gasteiger charge is -2.36. The number of ketones is 1. The van der Waals surface area contributed by atoms with Gasteiger partial charge in [-0.15, -0.1) is 11.3 Å². The second kappa shape index (κ2) is 7.72. The van der Waals surface area contributed by atoms with Gasteiger partial charge in [0.2, 0.25) is 0 Å². The van der Waals surface area contributed by atoms with Crippen LogP contribution in [0.5, 0.6) is 0 Å². The van der Waals surface area contributed by atoms with Crippen LogP contribution in [0.2, 0.25) is 0 Å². The van der Waals surface area contributed by atoms with Gasteiger partial charge in [-0.3, -0.25) is 9.59 Å². The summed E-state index contributed by atoms with van der Waals surface area (Å²) >= 11 is 2.99. The molecule has 2 aromatic heterocycles. The average Bonchev–Trinajstić information content (AvgIpc) is 3.27. The second-order valence-corrected chi connectivity index (χ2v) is 9.21. The van der Waals surface area contributed by atoms with Crippen molar-refractivity contribution in [3.05, 3.63) is 40.5 Å². The zero-order valence-corrected chi connectivity index (χ0v) is 18.1. The van der Waals surface area contributed by atoms with Crippen LogP contribution in [-0.2, 0) is 0 Å². The smallest absolute Gasteiger partial charge is 0.264 e. The summed E-state index contributed by atoms with van der Waals surface area (Å²) < 4.78 is 15.4. The fourth-order valence-electron chi connectivity index (χ4n) is 3.31. The molecule has 3 heterocycles. The topological polar surface area (TPSA) is 56.8 Å². The van der Waals surface area contributed by atoms with Gasteiger partial charge < -0.3 is 14.7 Å². The number of halogens is 1. The first-order valence-electron chi connectivity index (χ1n) is 9.26. The molecule has 0 aliphatic carbocycles. The standard InChI is InChI=1S/C20H21FN4O2S2/c1-12(26)13-4-5-15(14(21)10-13)24-6-8-25(9-7-24)19(27)17-11-16-18(28-17)22-20(29-16)23(2)3/h4-5,10-11H,6-9H2,1-3H3. The number of thiazole rings is 1. The summed E-state index contributed by atoms with van der Waals surface area (Å²) in [4.78, 5) is 36.1. The molecule has 0 radical (unpaired) electrons. The lowest BCUT2D eigenvalue weighted by molar-refractivity contribution is 0.0751. The van der Waals surface area contributed by atoms with Crippen molar-refractivity contribution in [2.75, 3.05) is 50.1 Å². The van der Waals surface area contributed by atoms with Gasteiger partial charge in [-0.25, -0.2) is 9.37 Å². The highest BCUT2D eigenvalue weighted by atomic mass is 32.1. The number of rotatable bonds is 4. The van der Waals surface area contributed by atoms with E-state index in [0.717, 1.165) is 14.7 Å². The number of aromatic nitrogens is 1. The molecule has 1 aliphatic rings. The van der Waals surface area contributed by atoms with Gasteiger partial charge in [0.25, 0.3) is 5.91 Å². The van der Waals surface area contributed by atoms with Gasteiger partial charge in [-0.05, 0) is 31.2 Å². The van der Waals surface area contributed by atoms with Crippen LogP contribution in [0.4, 0.5) is 15.2 Å². The molecule has 0 atom stereocenters. The molecule has 0 saturated carbocycles. The lowest BCUT2D eigenvalue weighted by atomic mass is 10.1. The third-order valence-electron chi connectivity index (χ3n) is 4.93. The highest BCUT2D eigenvalue weighted by Crippen LogP contribution is 2.34. The number of nitrogens with zero attached hydrogens (tertiary/aromatic N) is 4. The first-order valence-corrected chi connectivity index (χ1v) is 10.9. The first kappa shape index (κ1) is 19.8. The van der Waals surface area contributed by atoms with Crippen LogP contribution < -0.4 is 9.80 Å². The van der Waals surface area contributed by atoms with Gasteiger partial charge in [0.15, 0.2) is 10.9 Å². The van der Waals surface area contributed by atoms with Crippen molar-refractivity contribution < 1.29 is 14.0 Å².